The number of halogens is 3. The lowest BCUT2D eigenvalue weighted by Gasteiger charge is -2.49. The average Bonchev–Trinajstić information content (AvgIpc) is 2.79. The van der Waals surface area contributed by atoms with Crippen LogP contribution >= 0.6 is 0 Å². The number of hydrogen-bond donors (Lipinski definition) is 1. The van der Waals surface area contributed by atoms with E-state index < -0.39 is 23.3 Å². The molecule has 1 aliphatic heterocycles. The summed E-state index contributed by atoms with van der Waals surface area (Å²) in [5.74, 6) is 0.428. The van der Waals surface area contributed by atoms with Crippen molar-refractivity contribution in [1.29, 1.82) is 0 Å². The van der Waals surface area contributed by atoms with Crippen LogP contribution < -0.4 is 10.6 Å². The van der Waals surface area contributed by atoms with Gasteiger partial charge in [0.1, 0.15) is 5.82 Å². The number of hydrogen-bond acceptors (Lipinski definition) is 3. The third-order valence-corrected chi connectivity index (χ3v) is 6.95. The van der Waals surface area contributed by atoms with E-state index in [2.05, 4.69) is 17.1 Å². The van der Waals surface area contributed by atoms with E-state index in [9.17, 15) is 18.0 Å². The molecular formula is C24H29F3N4O. The number of alkyl halides is 3. The van der Waals surface area contributed by atoms with Gasteiger partial charge in [-0.1, -0.05) is 43.5 Å². The minimum atomic E-state index is -4.51. The molecule has 172 valence electrons. The molecule has 1 unspecified atom stereocenters. The van der Waals surface area contributed by atoms with Gasteiger partial charge >= 0.3 is 12.2 Å². The van der Waals surface area contributed by atoms with Crippen LogP contribution in [0.2, 0.25) is 0 Å². The number of carbonyl (C=O) groups excluding carboxylic acids is 1. The molecule has 1 atom stereocenters. The summed E-state index contributed by atoms with van der Waals surface area (Å²) in [4.78, 5) is 19.5. The van der Waals surface area contributed by atoms with Crippen molar-refractivity contribution in [2.75, 3.05) is 24.5 Å². The topological polar surface area (TPSA) is 62.5 Å². The molecule has 2 aromatic rings. The first kappa shape index (κ1) is 22.4. The van der Waals surface area contributed by atoms with Crippen LogP contribution in [0.25, 0.3) is 0 Å². The Hall–Kier alpha value is -2.77. The number of pyridine rings is 1. The highest BCUT2D eigenvalue weighted by molar-refractivity contribution is 5.74. The number of nitrogens with zero attached hydrogens (tertiary/aromatic N) is 3. The standard InChI is InChI=1S/C24H29F3N4O/c1-23(19-11-9-18(10-12-19)17-6-3-2-4-7-17)16-30(14-15-31(23)22(28)32)21-20(24(25,26)27)8-5-13-29-21/h5,8-13,17H,2-4,6-7,14-16H2,1H3,(H2,28,32). The first-order valence-corrected chi connectivity index (χ1v) is 11.1. The Morgan fingerprint density at radius 3 is 2.41 bits per heavy atom. The predicted molar refractivity (Wildman–Crippen MR) is 117 cm³/mol. The number of benzene rings is 1. The minimum absolute atomic E-state index is 0.117. The Bertz CT molecular complexity index is 956. The molecule has 5 nitrogen and oxygen atoms in total. The van der Waals surface area contributed by atoms with Gasteiger partial charge in [0.05, 0.1) is 11.1 Å². The number of anilines is 1. The summed E-state index contributed by atoms with van der Waals surface area (Å²) in [5, 5.41) is 0. The lowest BCUT2D eigenvalue weighted by molar-refractivity contribution is -0.137. The van der Waals surface area contributed by atoms with Crippen LogP contribution in [0.5, 0.6) is 0 Å². The smallest absolute Gasteiger partial charge is 0.352 e. The molecule has 2 amide bonds. The Morgan fingerprint density at radius 2 is 1.78 bits per heavy atom. The molecule has 0 radical (unpaired) electrons. The molecule has 0 bridgehead atoms. The average molecular weight is 447 g/mol. The van der Waals surface area contributed by atoms with Gasteiger partial charge in [-0.05, 0) is 48.9 Å². The van der Waals surface area contributed by atoms with Gasteiger partial charge in [-0.15, -0.1) is 0 Å². The monoisotopic (exact) mass is 446 g/mol. The van der Waals surface area contributed by atoms with Crippen molar-refractivity contribution < 1.29 is 18.0 Å². The Labute approximate surface area is 186 Å². The molecule has 1 saturated heterocycles. The second-order valence-electron chi connectivity index (χ2n) is 9.01. The fourth-order valence-electron chi connectivity index (χ4n) is 5.21. The third kappa shape index (κ3) is 4.27. The van der Waals surface area contributed by atoms with Crippen LogP contribution in [0.3, 0.4) is 0 Å². The molecule has 2 N–H and O–H groups in total. The van der Waals surface area contributed by atoms with Gasteiger partial charge in [0.2, 0.25) is 0 Å². The SMILES string of the molecule is CC1(c2ccc(C3CCCCC3)cc2)CN(c2ncccc2C(F)(F)F)CCN1C(N)=O. The molecule has 2 fully saturated rings. The van der Waals surface area contributed by atoms with Gasteiger partial charge in [0.15, 0.2) is 0 Å². The third-order valence-electron chi connectivity index (χ3n) is 6.95. The van der Waals surface area contributed by atoms with E-state index >= 15 is 0 Å². The summed E-state index contributed by atoms with van der Waals surface area (Å²) in [6, 6.07) is 9.92. The number of primary amides is 1. The second kappa shape index (κ2) is 8.64. The van der Waals surface area contributed by atoms with Crippen LogP contribution in [0, 0.1) is 0 Å². The van der Waals surface area contributed by atoms with Crippen LogP contribution in [0.15, 0.2) is 42.6 Å². The molecule has 2 aliphatic rings. The first-order chi connectivity index (χ1) is 15.2. The van der Waals surface area contributed by atoms with E-state index in [1.165, 1.54) is 49.9 Å². The second-order valence-corrected chi connectivity index (χ2v) is 9.01. The maximum Gasteiger partial charge on any atom is 0.419 e. The van der Waals surface area contributed by atoms with Crippen molar-refractivity contribution in [3.63, 3.8) is 0 Å². The van der Waals surface area contributed by atoms with E-state index in [1.807, 2.05) is 19.1 Å². The Morgan fingerprint density at radius 1 is 1.09 bits per heavy atom. The summed E-state index contributed by atoms with van der Waals surface area (Å²) in [7, 11) is 0. The number of piperazine rings is 1. The van der Waals surface area contributed by atoms with Gasteiger partial charge in [-0.2, -0.15) is 13.2 Å². The lowest BCUT2D eigenvalue weighted by Crippen LogP contribution is -2.62. The molecule has 32 heavy (non-hydrogen) atoms. The molecule has 0 spiro atoms. The molecule has 2 heterocycles. The van der Waals surface area contributed by atoms with E-state index in [0.29, 0.717) is 5.92 Å². The van der Waals surface area contributed by atoms with Crippen LogP contribution in [-0.2, 0) is 11.7 Å². The van der Waals surface area contributed by atoms with Crippen LogP contribution in [0.4, 0.5) is 23.8 Å². The van der Waals surface area contributed by atoms with Crippen molar-refractivity contribution in [2.45, 2.75) is 56.7 Å². The van der Waals surface area contributed by atoms with E-state index in [-0.39, 0.29) is 25.5 Å². The zero-order valence-electron chi connectivity index (χ0n) is 18.2. The molecular weight excluding hydrogens is 417 g/mol. The molecule has 1 aliphatic carbocycles. The van der Waals surface area contributed by atoms with Gasteiger partial charge in [-0.25, -0.2) is 9.78 Å². The Balaban J connectivity index is 1.66. The zero-order valence-corrected chi connectivity index (χ0v) is 18.2. The lowest BCUT2D eigenvalue weighted by atomic mass is 9.82. The van der Waals surface area contributed by atoms with Gasteiger partial charge < -0.3 is 15.5 Å². The van der Waals surface area contributed by atoms with E-state index in [0.717, 1.165) is 11.6 Å². The summed E-state index contributed by atoms with van der Waals surface area (Å²) in [5.41, 5.74) is 6.16. The fourth-order valence-corrected chi connectivity index (χ4v) is 5.21. The quantitative estimate of drug-likeness (QED) is 0.699. The summed E-state index contributed by atoms with van der Waals surface area (Å²) >= 11 is 0. The summed E-state index contributed by atoms with van der Waals surface area (Å²) < 4.78 is 40.8. The highest BCUT2D eigenvalue weighted by atomic mass is 19.4. The van der Waals surface area contributed by atoms with E-state index in [4.69, 9.17) is 5.73 Å². The van der Waals surface area contributed by atoms with Crippen molar-refractivity contribution in [2.24, 2.45) is 5.73 Å². The number of rotatable bonds is 3. The molecule has 1 aromatic heterocycles. The van der Waals surface area contributed by atoms with Gasteiger partial charge in [0, 0.05) is 25.8 Å². The molecule has 8 heteroatoms. The first-order valence-electron chi connectivity index (χ1n) is 11.1. The van der Waals surface area contributed by atoms with Gasteiger partial charge in [-0.3, -0.25) is 0 Å². The fraction of sp³-hybridized carbons (Fsp3) is 0.500. The van der Waals surface area contributed by atoms with Crippen molar-refractivity contribution in [3.8, 4) is 0 Å². The summed E-state index contributed by atoms with van der Waals surface area (Å²) in [6.45, 7) is 2.46. The van der Waals surface area contributed by atoms with Crippen LogP contribution in [-0.4, -0.2) is 35.5 Å². The zero-order chi connectivity index (χ0) is 22.9. The van der Waals surface area contributed by atoms with E-state index in [1.54, 1.807) is 9.80 Å². The highest BCUT2D eigenvalue weighted by Gasteiger charge is 2.44. The number of urea groups is 1. The number of amides is 2. The van der Waals surface area contributed by atoms with Crippen molar-refractivity contribution in [3.05, 3.63) is 59.3 Å². The molecule has 1 aromatic carbocycles. The number of nitrogens with two attached hydrogens (primary N) is 1. The molecule has 1 saturated carbocycles. The van der Waals surface area contributed by atoms with Crippen molar-refractivity contribution >= 4 is 11.8 Å². The maximum atomic E-state index is 13.6. The van der Waals surface area contributed by atoms with Gasteiger partial charge in [0.25, 0.3) is 0 Å². The number of aromatic nitrogens is 1. The highest BCUT2D eigenvalue weighted by Crippen LogP contribution is 2.40. The molecule has 4 rings (SSSR count). The predicted octanol–water partition coefficient (Wildman–Crippen LogP) is 5.26. The summed E-state index contributed by atoms with van der Waals surface area (Å²) in [6.07, 6.45) is 2.96. The van der Waals surface area contributed by atoms with Crippen LogP contribution in [0.1, 0.15) is 61.6 Å². The largest absolute Gasteiger partial charge is 0.419 e. The maximum absolute atomic E-state index is 13.6. The van der Waals surface area contributed by atoms with Crippen molar-refractivity contribution in [1.82, 2.24) is 9.88 Å². The Kier molecular flexibility index (Phi) is 6.05. The number of carbonyl (C=O) groups is 1. The normalized spacial score (nSPS) is 22.8. The minimum Gasteiger partial charge on any atom is -0.352 e.